The summed E-state index contributed by atoms with van der Waals surface area (Å²) < 4.78 is 37.5. The molecule has 0 radical (unpaired) electrons. The van der Waals surface area contributed by atoms with Crippen LogP contribution >= 0.6 is 0 Å². The first-order valence-corrected chi connectivity index (χ1v) is 9.35. The van der Waals surface area contributed by atoms with Crippen LogP contribution < -0.4 is 9.46 Å². The van der Waals surface area contributed by atoms with Crippen molar-refractivity contribution in [1.82, 2.24) is 4.72 Å². The van der Waals surface area contributed by atoms with Crippen LogP contribution in [-0.2, 0) is 30.8 Å². The van der Waals surface area contributed by atoms with Crippen molar-refractivity contribution >= 4 is 22.0 Å². The fourth-order valence-electron chi connectivity index (χ4n) is 2.47. The van der Waals surface area contributed by atoms with Gasteiger partial charge >= 0.3 is 11.9 Å². The van der Waals surface area contributed by atoms with Crippen LogP contribution in [0.4, 0.5) is 0 Å². The molecule has 0 amide bonds. The molecule has 1 heterocycles. The first-order chi connectivity index (χ1) is 11.7. The second-order valence-corrected chi connectivity index (χ2v) is 7.73. The van der Waals surface area contributed by atoms with Crippen molar-refractivity contribution in [3.05, 3.63) is 23.8 Å². The van der Waals surface area contributed by atoms with Gasteiger partial charge in [-0.2, -0.15) is 4.72 Å². The maximum Gasteiger partial charge on any atom is 0.347 e. The number of ether oxygens (including phenoxy) is 2. The molecule has 1 aliphatic rings. The summed E-state index contributed by atoms with van der Waals surface area (Å²) in [5.41, 5.74) is 0.553. The molecular formula is C16H21NO7S. The fraction of sp³-hybridized carbons (Fsp3) is 0.500. The summed E-state index contributed by atoms with van der Waals surface area (Å²) in [5, 5.41) is 9.16. The average Bonchev–Trinajstić information content (AvgIpc) is 2.95. The van der Waals surface area contributed by atoms with Gasteiger partial charge in [-0.1, -0.05) is 13.8 Å². The van der Waals surface area contributed by atoms with Gasteiger partial charge in [-0.15, -0.1) is 0 Å². The van der Waals surface area contributed by atoms with Gasteiger partial charge in [0.25, 0.3) is 0 Å². The van der Waals surface area contributed by atoms with Crippen LogP contribution in [0.15, 0.2) is 23.1 Å². The first-order valence-electron chi connectivity index (χ1n) is 7.87. The molecule has 8 nitrogen and oxygen atoms in total. The van der Waals surface area contributed by atoms with Gasteiger partial charge in [0.1, 0.15) is 11.8 Å². The number of hydrogen-bond donors (Lipinski definition) is 2. The number of aliphatic carboxylic acids is 1. The number of carboxylic acids is 1. The predicted molar refractivity (Wildman–Crippen MR) is 87.8 cm³/mol. The first kappa shape index (κ1) is 19.2. The maximum atomic E-state index is 12.5. The zero-order chi connectivity index (χ0) is 18.8. The molecule has 0 fully saturated rings. The average molecular weight is 371 g/mol. The molecule has 0 saturated heterocycles. The Morgan fingerprint density at radius 3 is 2.64 bits per heavy atom. The molecule has 1 aromatic carbocycles. The van der Waals surface area contributed by atoms with Gasteiger partial charge in [-0.05, 0) is 36.6 Å². The van der Waals surface area contributed by atoms with Gasteiger partial charge in [0, 0.05) is 6.42 Å². The topological polar surface area (TPSA) is 119 Å². The molecule has 2 atom stereocenters. The van der Waals surface area contributed by atoms with Crippen LogP contribution in [0, 0.1) is 5.92 Å². The third kappa shape index (κ3) is 4.29. The highest BCUT2D eigenvalue weighted by Crippen LogP contribution is 2.31. The van der Waals surface area contributed by atoms with E-state index in [0.29, 0.717) is 11.3 Å². The summed E-state index contributed by atoms with van der Waals surface area (Å²) in [4.78, 5) is 22.9. The van der Waals surface area contributed by atoms with E-state index in [9.17, 15) is 18.0 Å². The van der Waals surface area contributed by atoms with Crippen molar-refractivity contribution < 1.29 is 32.6 Å². The number of fused-ring (bicyclic) bond motifs is 1. The molecule has 1 aromatic rings. The summed E-state index contributed by atoms with van der Waals surface area (Å²) in [6.07, 6.45) is -0.604. The lowest BCUT2D eigenvalue weighted by atomic mass is 10.1. The number of hydrogen-bond acceptors (Lipinski definition) is 6. The van der Waals surface area contributed by atoms with Crippen LogP contribution in [0.2, 0.25) is 0 Å². The van der Waals surface area contributed by atoms with Crippen LogP contribution in [-0.4, -0.2) is 44.2 Å². The third-order valence-electron chi connectivity index (χ3n) is 3.78. The Bertz CT molecular complexity index is 773. The summed E-state index contributed by atoms with van der Waals surface area (Å²) >= 11 is 0. The second-order valence-electron chi connectivity index (χ2n) is 6.01. The van der Waals surface area contributed by atoms with Crippen LogP contribution in [0.5, 0.6) is 5.75 Å². The largest absolute Gasteiger partial charge is 0.480 e. The summed E-state index contributed by atoms with van der Waals surface area (Å²) in [7, 11) is -4.02. The number of carbonyl (C=O) groups excluding carboxylic acids is 1. The number of sulfonamides is 1. The number of carboxylic acid groups (broad SMARTS) is 1. The SMILES string of the molecule is CCOC(=O)C1Cc2cc(S(=O)(=O)N[C@H](C(=O)O)C(C)C)ccc2O1. The third-order valence-corrected chi connectivity index (χ3v) is 5.22. The Morgan fingerprint density at radius 1 is 1.40 bits per heavy atom. The maximum absolute atomic E-state index is 12.5. The number of esters is 1. The van der Waals surface area contributed by atoms with Crippen molar-refractivity contribution in [3.8, 4) is 5.75 Å². The molecule has 0 aromatic heterocycles. The van der Waals surface area contributed by atoms with E-state index in [1.54, 1.807) is 20.8 Å². The quantitative estimate of drug-likeness (QED) is 0.685. The highest BCUT2D eigenvalue weighted by molar-refractivity contribution is 7.89. The standard InChI is InChI=1S/C16H21NO7S/c1-4-23-16(20)13-8-10-7-11(5-6-12(10)24-13)25(21,22)17-14(9(2)3)15(18)19/h5-7,9,13-14,17H,4,8H2,1-3H3,(H,18,19)/t13?,14-/m0/s1. The minimum atomic E-state index is -4.02. The lowest BCUT2D eigenvalue weighted by Crippen LogP contribution is -2.44. The summed E-state index contributed by atoms with van der Waals surface area (Å²) in [5.74, 6) is -1.76. The minimum Gasteiger partial charge on any atom is -0.480 e. The molecule has 2 N–H and O–H groups in total. The lowest BCUT2D eigenvalue weighted by Gasteiger charge is -2.18. The van der Waals surface area contributed by atoms with Gasteiger partial charge in [-0.25, -0.2) is 13.2 Å². The van der Waals surface area contributed by atoms with Gasteiger partial charge in [0.05, 0.1) is 11.5 Å². The van der Waals surface area contributed by atoms with Crippen LogP contribution in [0.1, 0.15) is 26.3 Å². The Morgan fingerprint density at radius 2 is 2.08 bits per heavy atom. The van der Waals surface area contributed by atoms with Crippen molar-refractivity contribution in [2.24, 2.45) is 5.92 Å². The van der Waals surface area contributed by atoms with Crippen molar-refractivity contribution in [1.29, 1.82) is 0 Å². The molecule has 9 heteroatoms. The fourth-order valence-corrected chi connectivity index (χ4v) is 3.85. The van der Waals surface area contributed by atoms with Gasteiger partial charge in [-0.3, -0.25) is 4.79 Å². The molecule has 0 aliphatic carbocycles. The highest BCUT2D eigenvalue weighted by atomic mass is 32.2. The molecule has 25 heavy (non-hydrogen) atoms. The molecule has 0 bridgehead atoms. The van der Waals surface area contributed by atoms with E-state index in [4.69, 9.17) is 14.6 Å². The Balaban J connectivity index is 2.22. The van der Waals surface area contributed by atoms with Gasteiger partial charge in [0.2, 0.25) is 10.0 Å². The van der Waals surface area contributed by atoms with Crippen LogP contribution in [0.3, 0.4) is 0 Å². The summed E-state index contributed by atoms with van der Waals surface area (Å²) in [6.45, 7) is 5.14. The number of carbonyl (C=O) groups is 2. The molecule has 2 rings (SSSR count). The molecule has 0 saturated carbocycles. The van der Waals surface area contributed by atoms with E-state index in [1.165, 1.54) is 18.2 Å². The van der Waals surface area contributed by atoms with Crippen molar-refractivity contribution in [2.45, 2.75) is 44.2 Å². The molecule has 138 valence electrons. The van der Waals surface area contributed by atoms with Gasteiger partial charge in [0.15, 0.2) is 6.10 Å². The predicted octanol–water partition coefficient (Wildman–Crippen LogP) is 0.941. The van der Waals surface area contributed by atoms with E-state index in [2.05, 4.69) is 4.72 Å². The van der Waals surface area contributed by atoms with E-state index in [1.807, 2.05) is 0 Å². The van der Waals surface area contributed by atoms with Gasteiger partial charge < -0.3 is 14.6 Å². The van der Waals surface area contributed by atoms with Crippen molar-refractivity contribution in [3.63, 3.8) is 0 Å². The monoisotopic (exact) mass is 371 g/mol. The Labute approximate surface area is 146 Å². The molecule has 1 aliphatic heterocycles. The molecule has 1 unspecified atom stereocenters. The zero-order valence-corrected chi connectivity index (χ0v) is 15.0. The normalized spacial score (nSPS) is 17.7. The molecule has 0 spiro atoms. The van der Waals surface area contributed by atoms with E-state index in [0.717, 1.165) is 0 Å². The number of nitrogens with one attached hydrogen (secondary N) is 1. The number of rotatable bonds is 7. The minimum absolute atomic E-state index is 0.0775. The number of benzene rings is 1. The van der Waals surface area contributed by atoms with E-state index < -0.39 is 40.0 Å². The Hall–Kier alpha value is -2.13. The smallest absolute Gasteiger partial charge is 0.347 e. The van der Waals surface area contributed by atoms with Crippen molar-refractivity contribution in [2.75, 3.05) is 6.61 Å². The lowest BCUT2D eigenvalue weighted by molar-refractivity contribution is -0.150. The summed E-state index contributed by atoms with van der Waals surface area (Å²) in [6, 6.07) is 2.92. The van der Waals surface area contributed by atoms with E-state index in [-0.39, 0.29) is 17.9 Å². The zero-order valence-electron chi connectivity index (χ0n) is 14.2. The van der Waals surface area contributed by atoms with E-state index >= 15 is 0 Å². The molecular weight excluding hydrogens is 350 g/mol. The Kier molecular flexibility index (Phi) is 5.69. The second kappa shape index (κ2) is 7.40. The highest BCUT2D eigenvalue weighted by Gasteiger charge is 2.33. The van der Waals surface area contributed by atoms with Crippen LogP contribution in [0.25, 0.3) is 0 Å².